The van der Waals surface area contributed by atoms with E-state index in [0.29, 0.717) is 0 Å². The number of hydrogen-bond acceptors (Lipinski definition) is 2. The van der Waals surface area contributed by atoms with Crippen molar-refractivity contribution >= 4 is 15.9 Å². The molecule has 3 heteroatoms. The van der Waals surface area contributed by atoms with Crippen LogP contribution in [0.25, 0.3) is 0 Å². The lowest BCUT2D eigenvalue weighted by Gasteiger charge is -2.01. The first-order valence-electron chi connectivity index (χ1n) is 5.35. The Labute approximate surface area is 104 Å². The van der Waals surface area contributed by atoms with Gasteiger partial charge in [0.05, 0.1) is 0 Å². The molecule has 0 aliphatic heterocycles. The minimum absolute atomic E-state index is 0.859. The van der Waals surface area contributed by atoms with Crippen LogP contribution in [0.5, 0.6) is 0 Å². The van der Waals surface area contributed by atoms with Crippen molar-refractivity contribution in [3.8, 4) is 0 Å². The third kappa shape index (κ3) is 3.42. The Morgan fingerprint density at radius 3 is 2.56 bits per heavy atom. The van der Waals surface area contributed by atoms with Gasteiger partial charge in [0, 0.05) is 5.69 Å². The van der Waals surface area contributed by atoms with Crippen molar-refractivity contribution < 1.29 is 0 Å². The van der Waals surface area contributed by atoms with Crippen LogP contribution in [0.3, 0.4) is 0 Å². The van der Waals surface area contributed by atoms with Gasteiger partial charge in [-0.25, -0.2) is 9.97 Å². The van der Waals surface area contributed by atoms with Crippen molar-refractivity contribution in [1.29, 1.82) is 0 Å². The Hall–Kier alpha value is -1.22. The molecule has 0 bridgehead atoms. The molecule has 0 saturated carbocycles. The van der Waals surface area contributed by atoms with Gasteiger partial charge in [0.1, 0.15) is 10.9 Å². The number of rotatable bonds is 4. The number of nitrogens with zero attached hydrogens (tertiary/aromatic N) is 2. The van der Waals surface area contributed by atoms with Crippen LogP contribution in [0.1, 0.15) is 17.7 Å². The van der Waals surface area contributed by atoms with Crippen molar-refractivity contribution in [2.75, 3.05) is 0 Å². The van der Waals surface area contributed by atoms with E-state index in [1.54, 1.807) is 6.33 Å². The smallest absolute Gasteiger partial charge is 0.116 e. The van der Waals surface area contributed by atoms with E-state index in [4.69, 9.17) is 0 Å². The molecule has 2 aromatic rings. The predicted molar refractivity (Wildman–Crippen MR) is 68.2 cm³/mol. The molecule has 0 aliphatic carbocycles. The maximum atomic E-state index is 4.23. The maximum Gasteiger partial charge on any atom is 0.116 e. The van der Waals surface area contributed by atoms with Crippen LogP contribution >= 0.6 is 15.9 Å². The van der Waals surface area contributed by atoms with Crippen molar-refractivity contribution in [3.05, 3.63) is 58.6 Å². The standard InChI is InChI=1S/C13H13BrN2/c14-13-9-12(15-10-16-13)8-4-7-11-5-2-1-3-6-11/h1-3,5-6,9-10H,4,7-8H2. The second-order valence-electron chi connectivity index (χ2n) is 3.67. The highest BCUT2D eigenvalue weighted by atomic mass is 79.9. The van der Waals surface area contributed by atoms with E-state index in [9.17, 15) is 0 Å². The zero-order valence-electron chi connectivity index (χ0n) is 8.94. The Balaban J connectivity index is 1.85. The van der Waals surface area contributed by atoms with Crippen LogP contribution in [0, 0.1) is 0 Å². The maximum absolute atomic E-state index is 4.23. The molecule has 2 nitrogen and oxygen atoms in total. The first-order chi connectivity index (χ1) is 7.84. The zero-order chi connectivity index (χ0) is 11.2. The largest absolute Gasteiger partial charge is 0.241 e. The summed E-state index contributed by atoms with van der Waals surface area (Å²) >= 11 is 3.35. The molecule has 1 heterocycles. The molecular formula is C13H13BrN2. The molecule has 1 aromatic carbocycles. The van der Waals surface area contributed by atoms with Gasteiger partial charge in [0.25, 0.3) is 0 Å². The third-order valence-corrected chi connectivity index (χ3v) is 2.87. The lowest BCUT2D eigenvalue weighted by molar-refractivity contribution is 0.793. The van der Waals surface area contributed by atoms with Gasteiger partial charge in [-0.2, -0.15) is 0 Å². The van der Waals surface area contributed by atoms with Gasteiger partial charge in [0.2, 0.25) is 0 Å². The SMILES string of the molecule is Brc1cc(CCCc2ccccc2)ncn1. The van der Waals surface area contributed by atoms with E-state index in [2.05, 4.69) is 50.2 Å². The highest BCUT2D eigenvalue weighted by Gasteiger charge is 1.97. The summed E-state index contributed by atoms with van der Waals surface area (Å²) in [5, 5.41) is 0. The minimum atomic E-state index is 0.859. The van der Waals surface area contributed by atoms with Crippen molar-refractivity contribution in [3.63, 3.8) is 0 Å². The lowest BCUT2D eigenvalue weighted by Crippen LogP contribution is -1.93. The fraction of sp³-hybridized carbons (Fsp3) is 0.231. The third-order valence-electron chi connectivity index (χ3n) is 2.43. The van der Waals surface area contributed by atoms with Crippen LogP contribution < -0.4 is 0 Å². The molecule has 2 rings (SSSR count). The van der Waals surface area contributed by atoms with E-state index in [1.807, 2.05) is 12.1 Å². The number of aromatic nitrogens is 2. The summed E-state index contributed by atoms with van der Waals surface area (Å²) in [5.41, 5.74) is 2.48. The molecule has 0 N–H and O–H groups in total. The Morgan fingerprint density at radius 1 is 1.00 bits per heavy atom. The van der Waals surface area contributed by atoms with Crippen molar-refractivity contribution in [1.82, 2.24) is 9.97 Å². The van der Waals surface area contributed by atoms with Gasteiger partial charge >= 0.3 is 0 Å². The molecule has 1 aromatic heterocycles. The monoisotopic (exact) mass is 276 g/mol. The normalized spacial score (nSPS) is 10.3. The van der Waals surface area contributed by atoms with Gasteiger partial charge in [-0.1, -0.05) is 30.3 Å². The second-order valence-corrected chi connectivity index (χ2v) is 4.48. The highest BCUT2D eigenvalue weighted by Crippen LogP contribution is 2.09. The summed E-state index contributed by atoms with van der Waals surface area (Å²) in [6.07, 6.45) is 4.81. The van der Waals surface area contributed by atoms with Crippen molar-refractivity contribution in [2.45, 2.75) is 19.3 Å². The Bertz CT molecular complexity index is 443. The summed E-state index contributed by atoms with van der Waals surface area (Å²) in [7, 11) is 0. The van der Waals surface area contributed by atoms with Crippen LogP contribution in [-0.4, -0.2) is 9.97 Å². The fourth-order valence-corrected chi connectivity index (χ4v) is 1.98. The molecule has 82 valence electrons. The molecule has 0 radical (unpaired) electrons. The molecular weight excluding hydrogens is 264 g/mol. The van der Waals surface area contributed by atoms with Crippen LogP contribution in [0.4, 0.5) is 0 Å². The molecule has 0 saturated heterocycles. The molecule has 0 aliphatic rings. The van der Waals surface area contributed by atoms with Crippen LogP contribution in [-0.2, 0) is 12.8 Å². The number of aryl methyl sites for hydroxylation is 2. The van der Waals surface area contributed by atoms with E-state index in [-0.39, 0.29) is 0 Å². The van der Waals surface area contributed by atoms with E-state index >= 15 is 0 Å². The molecule has 0 fully saturated rings. The quantitative estimate of drug-likeness (QED) is 0.800. The number of hydrogen-bond donors (Lipinski definition) is 0. The zero-order valence-corrected chi connectivity index (χ0v) is 10.5. The summed E-state index contributed by atoms with van der Waals surface area (Å²) in [5.74, 6) is 0. The fourth-order valence-electron chi connectivity index (χ4n) is 1.63. The molecule has 0 atom stereocenters. The lowest BCUT2D eigenvalue weighted by atomic mass is 10.1. The van der Waals surface area contributed by atoms with Crippen LogP contribution in [0.2, 0.25) is 0 Å². The van der Waals surface area contributed by atoms with Crippen LogP contribution in [0.15, 0.2) is 47.3 Å². The summed E-state index contributed by atoms with van der Waals surface area (Å²) in [4.78, 5) is 8.24. The van der Waals surface area contributed by atoms with Gasteiger partial charge in [0.15, 0.2) is 0 Å². The molecule has 0 spiro atoms. The summed E-state index contributed by atoms with van der Waals surface area (Å²) < 4.78 is 0.859. The second kappa shape index (κ2) is 5.75. The van der Waals surface area contributed by atoms with Gasteiger partial charge in [-0.15, -0.1) is 0 Å². The topological polar surface area (TPSA) is 25.8 Å². The summed E-state index contributed by atoms with van der Waals surface area (Å²) in [6, 6.07) is 12.5. The molecule has 0 unspecified atom stereocenters. The van der Waals surface area contributed by atoms with E-state index in [1.165, 1.54) is 5.56 Å². The van der Waals surface area contributed by atoms with Gasteiger partial charge in [-0.05, 0) is 46.8 Å². The van der Waals surface area contributed by atoms with Gasteiger partial charge < -0.3 is 0 Å². The van der Waals surface area contributed by atoms with E-state index < -0.39 is 0 Å². The number of benzene rings is 1. The molecule has 0 amide bonds. The summed E-state index contributed by atoms with van der Waals surface area (Å²) in [6.45, 7) is 0. The first-order valence-corrected chi connectivity index (χ1v) is 6.14. The first kappa shape index (κ1) is 11.3. The Kier molecular flexibility index (Phi) is 4.05. The number of halogens is 1. The minimum Gasteiger partial charge on any atom is -0.241 e. The average molecular weight is 277 g/mol. The predicted octanol–water partition coefficient (Wildman–Crippen LogP) is 3.41. The van der Waals surface area contributed by atoms with Crippen molar-refractivity contribution in [2.24, 2.45) is 0 Å². The molecule has 16 heavy (non-hydrogen) atoms. The van der Waals surface area contributed by atoms with E-state index in [0.717, 1.165) is 29.6 Å². The Morgan fingerprint density at radius 2 is 1.81 bits per heavy atom. The van der Waals surface area contributed by atoms with Gasteiger partial charge in [-0.3, -0.25) is 0 Å². The highest BCUT2D eigenvalue weighted by molar-refractivity contribution is 9.10. The average Bonchev–Trinajstić information content (AvgIpc) is 2.30.